The minimum absolute atomic E-state index is 0.0816. The van der Waals surface area contributed by atoms with E-state index >= 15 is 0 Å². The predicted molar refractivity (Wildman–Crippen MR) is 73.3 cm³/mol. The molecule has 1 aromatic heterocycles. The van der Waals surface area contributed by atoms with E-state index in [4.69, 9.17) is 4.42 Å². The second-order valence-electron chi connectivity index (χ2n) is 5.25. The van der Waals surface area contributed by atoms with Gasteiger partial charge in [-0.05, 0) is 12.1 Å². The minimum Gasteiger partial charge on any atom is -0.455 e. The van der Waals surface area contributed by atoms with E-state index in [1.54, 1.807) is 30.0 Å². The number of benzene rings is 1. The fourth-order valence-electron chi connectivity index (χ4n) is 1.62. The Labute approximate surface area is 110 Å². The van der Waals surface area contributed by atoms with Crippen LogP contribution >= 0.6 is 11.8 Å². The van der Waals surface area contributed by atoms with Gasteiger partial charge in [0.2, 0.25) is 0 Å². The number of halogens is 1. The second-order valence-corrected chi connectivity index (χ2v) is 7.09. The number of fused-ring (bicyclic) bond motifs is 1. The van der Waals surface area contributed by atoms with Crippen molar-refractivity contribution < 1.29 is 13.9 Å². The van der Waals surface area contributed by atoms with Gasteiger partial charge in [0, 0.05) is 15.9 Å². The van der Waals surface area contributed by atoms with Crippen molar-refractivity contribution >= 4 is 22.7 Å². The maximum Gasteiger partial charge on any atom is 0.170 e. The summed E-state index contributed by atoms with van der Waals surface area (Å²) < 4.78 is 18.9. The molecule has 0 aliphatic heterocycles. The molecular weight excluding hydrogens is 251 g/mol. The standard InChI is InChI=1S/C14H17FO2S/c1-14(2,3)18-8-11(16)12-7-9-5-4-6-10(15)13(9)17-12/h4-7,11,16H,8H2,1-3H3. The summed E-state index contributed by atoms with van der Waals surface area (Å²) in [6, 6.07) is 6.46. The zero-order chi connectivity index (χ0) is 13.3. The van der Waals surface area contributed by atoms with Crippen LogP contribution in [0, 0.1) is 5.82 Å². The normalized spacial score (nSPS) is 14.1. The number of thioether (sulfide) groups is 1. The SMILES string of the molecule is CC(C)(C)SCC(O)c1cc2cccc(F)c2o1. The molecule has 98 valence electrons. The summed E-state index contributed by atoms with van der Waals surface area (Å²) in [5.74, 6) is 0.562. The van der Waals surface area contributed by atoms with Crippen LogP contribution in [0.1, 0.15) is 32.6 Å². The second kappa shape index (κ2) is 4.94. The molecule has 0 saturated heterocycles. The first-order valence-electron chi connectivity index (χ1n) is 5.87. The Bertz CT molecular complexity index is 542. The third kappa shape index (κ3) is 3.06. The Morgan fingerprint density at radius 3 is 2.72 bits per heavy atom. The molecule has 0 spiro atoms. The van der Waals surface area contributed by atoms with Crippen molar-refractivity contribution in [2.75, 3.05) is 5.75 Å². The highest BCUT2D eigenvalue weighted by Crippen LogP contribution is 2.31. The van der Waals surface area contributed by atoms with E-state index in [0.29, 0.717) is 16.9 Å². The van der Waals surface area contributed by atoms with E-state index < -0.39 is 11.9 Å². The molecule has 2 nitrogen and oxygen atoms in total. The zero-order valence-corrected chi connectivity index (χ0v) is 11.6. The Morgan fingerprint density at radius 2 is 2.11 bits per heavy atom. The van der Waals surface area contributed by atoms with Gasteiger partial charge in [0.1, 0.15) is 11.9 Å². The highest BCUT2D eigenvalue weighted by Gasteiger charge is 2.19. The predicted octanol–water partition coefficient (Wildman–Crippen LogP) is 4.14. The summed E-state index contributed by atoms with van der Waals surface area (Å²) in [4.78, 5) is 0. The lowest BCUT2D eigenvalue weighted by molar-refractivity contribution is 0.176. The first kappa shape index (κ1) is 13.4. The Hall–Kier alpha value is -1.00. The van der Waals surface area contributed by atoms with Crippen LogP contribution in [0.25, 0.3) is 11.0 Å². The third-order valence-electron chi connectivity index (χ3n) is 2.52. The van der Waals surface area contributed by atoms with Gasteiger partial charge >= 0.3 is 0 Å². The molecule has 0 aliphatic carbocycles. The van der Waals surface area contributed by atoms with Crippen LogP contribution in [0.15, 0.2) is 28.7 Å². The summed E-state index contributed by atoms with van der Waals surface area (Å²) in [7, 11) is 0. The number of hydrogen-bond acceptors (Lipinski definition) is 3. The fraction of sp³-hybridized carbons (Fsp3) is 0.429. The largest absolute Gasteiger partial charge is 0.455 e. The smallest absolute Gasteiger partial charge is 0.170 e. The molecule has 1 atom stereocenters. The number of aliphatic hydroxyl groups excluding tert-OH is 1. The van der Waals surface area contributed by atoms with E-state index in [9.17, 15) is 9.50 Å². The van der Waals surface area contributed by atoms with Gasteiger partial charge in [0.05, 0.1) is 0 Å². The Morgan fingerprint density at radius 1 is 1.39 bits per heavy atom. The summed E-state index contributed by atoms with van der Waals surface area (Å²) >= 11 is 1.65. The van der Waals surface area contributed by atoms with Crippen LogP contribution in [-0.2, 0) is 0 Å². The van der Waals surface area contributed by atoms with Crippen molar-refractivity contribution in [1.82, 2.24) is 0 Å². The number of rotatable bonds is 3. The van der Waals surface area contributed by atoms with Crippen molar-refractivity contribution in [1.29, 1.82) is 0 Å². The van der Waals surface area contributed by atoms with E-state index in [0.717, 1.165) is 0 Å². The van der Waals surface area contributed by atoms with Crippen LogP contribution in [0.3, 0.4) is 0 Å². The molecule has 0 bridgehead atoms. The van der Waals surface area contributed by atoms with Gasteiger partial charge in [-0.1, -0.05) is 32.9 Å². The molecule has 2 rings (SSSR count). The van der Waals surface area contributed by atoms with Gasteiger partial charge in [0.25, 0.3) is 0 Å². The van der Waals surface area contributed by atoms with Crippen molar-refractivity contribution in [2.24, 2.45) is 0 Å². The molecule has 0 amide bonds. The monoisotopic (exact) mass is 268 g/mol. The molecule has 2 aromatic rings. The van der Waals surface area contributed by atoms with Crippen LogP contribution in [0.4, 0.5) is 4.39 Å². The van der Waals surface area contributed by atoms with Gasteiger partial charge < -0.3 is 9.52 Å². The first-order chi connectivity index (χ1) is 8.37. The molecule has 0 fully saturated rings. The van der Waals surface area contributed by atoms with Gasteiger partial charge in [-0.25, -0.2) is 4.39 Å². The van der Waals surface area contributed by atoms with Crippen LogP contribution in [0.2, 0.25) is 0 Å². The maximum atomic E-state index is 13.5. The maximum absolute atomic E-state index is 13.5. The van der Waals surface area contributed by atoms with E-state index in [1.165, 1.54) is 6.07 Å². The number of furan rings is 1. The fourth-order valence-corrected chi connectivity index (χ4v) is 2.44. The number of aliphatic hydroxyl groups is 1. The molecule has 1 unspecified atom stereocenters. The molecule has 0 saturated carbocycles. The molecule has 4 heteroatoms. The molecule has 1 heterocycles. The Balaban J connectivity index is 2.18. The molecular formula is C14H17FO2S. The van der Waals surface area contributed by atoms with Crippen LogP contribution in [-0.4, -0.2) is 15.6 Å². The average Bonchev–Trinajstić information content (AvgIpc) is 2.70. The minimum atomic E-state index is -0.707. The molecule has 0 aliphatic rings. The van der Waals surface area contributed by atoms with E-state index in [-0.39, 0.29) is 10.3 Å². The summed E-state index contributed by atoms with van der Waals surface area (Å²) in [6.07, 6.45) is -0.707. The number of hydrogen-bond donors (Lipinski definition) is 1. The van der Waals surface area contributed by atoms with Crippen molar-refractivity contribution in [3.05, 3.63) is 35.8 Å². The number of para-hydroxylation sites is 1. The molecule has 0 radical (unpaired) electrons. The molecule has 18 heavy (non-hydrogen) atoms. The first-order valence-corrected chi connectivity index (χ1v) is 6.85. The topological polar surface area (TPSA) is 33.4 Å². The average molecular weight is 268 g/mol. The van der Waals surface area contributed by atoms with Gasteiger partial charge in [0.15, 0.2) is 11.4 Å². The highest BCUT2D eigenvalue weighted by atomic mass is 32.2. The van der Waals surface area contributed by atoms with Crippen molar-refractivity contribution in [2.45, 2.75) is 31.6 Å². The van der Waals surface area contributed by atoms with Crippen molar-refractivity contribution in [3.8, 4) is 0 Å². The lowest BCUT2D eigenvalue weighted by Gasteiger charge is -2.19. The van der Waals surface area contributed by atoms with Crippen molar-refractivity contribution in [3.63, 3.8) is 0 Å². The molecule has 1 aromatic carbocycles. The summed E-state index contributed by atoms with van der Waals surface area (Å²) in [6.45, 7) is 6.26. The Kier molecular flexibility index (Phi) is 3.69. The van der Waals surface area contributed by atoms with E-state index in [2.05, 4.69) is 20.8 Å². The lowest BCUT2D eigenvalue weighted by atomic mass is 10.2. The van der Waals surface area contributed by atoms with Crippen LogP contribution < -0.4 is 0 Å². The lowest BCUT2D eigenvalue weighted by Crippen LogP contribution is -2.11. The van der Waals surface area contributed by atoms with Gasteiger partial charge in [-0.15, -0.1) is 0 Å². The third-order valence-corrected chi connectivity index (χ3v) is 3.87. The summed E-state index contributed by atoms with van der Waals surface area (Å²) in [5, 5.41) is 10.7. The van der Waals surface area contributed by atoms with E-state index in [1.807, 2.05) is 0 Å². The van der Waals surface area contributed by atoms with Crippen LogP contribution in [0.5, 0.6) is 0 Å². The quantitative estimate of drug-likeness (QED) is 0.908. The van der Waals surface area contributed by atoms with Gasteiger partial charge in [-0.3, -0.25) is 0 Å². The highest BCUT2D eigenvalue weighted by molar-refractivity contribution is 8.00. The summed E-state index contributed by atoms with van der Waals surface area (Å²) in [5.41, 5.74) is 0.215. The zero-order valence-electron chi connectivity index (χ0n) is 10.7. The molecule has 1 N–H and O–H groups in total. The van der Waals surface area contributed by atoms with Gasteiger partial charge in [-0.2, -0.15) is 11.8 Å².